The molecule has 0 rings (SSSR count). The molecule has 0 amide bonds. The Morgan fingerprint density at radius 1 is 0.786 bits per heavy atom. The molecule has 0 aromatic heterocycles. The third-order valence-corrected chi connectivity index (χ3v) is 6.23. The van der Waals surface area contributed by atoms with E-state index < -0.39 is 12.9 Å². The molecule has 5 nitrogen and oxygen atoms in total. The average Bonchev–Trinajstić information content (AvgIpc) is 2.56. The minimum atomic E-state index is -4.57. The molecule has 0 saturated carbocycles. The van der Waals surface area contributed by atoms with Gasteiger partial charge in [-0.2, -0.15) is 0 Å². The van der Waals surface area contributed by atoms with E-state index in [-0.39, 0.29) is 13.0 Å². The molecule has 0 aromatic rings. The van der Waals surface area contributed by atoms with Crippen LogP contribution in [0.5, 0.6) is 0 Å². The number of likely N-dealkylation sites (N-methyl/N-ethyl adjacent to an activating group) is 1. The molecule has 0 fully saturated rings. The quantitative estimate of drug-likeness (QED) is 0.128. The maximum absolute atomic E-state index is 11.7. The molecule has 0 aliphatic heterocycles. The van der Waals surface area contributed by atoms with Gasteiger partial charge < -0.3 is 19.4 Å². The molecule has 0 saturated heterocycles. The minimum Gasteiger partial charge on any atom is -0.373 e. The highest BCUT2D eigenvalue weighted by Crippen LogP contribution is 2.52. The Morgan fingerprint density at radius 2 is 1.21 bits per heavy atom. The summed E-state index contributed by atoms with van der Waals surface area (Å²) in [6.07, 6.45) is 21.3. The van der Waals surface area contributed by atoms with E-state index in [1.54, 1.807) is 0 Å². The molecule has 0 aromatic carbocycles. The van der Waals surface area contributed by atoms with E-state index >= 15 is 0 Å². The smallest absolute Gasteiger partial charge is 0.362 e. The summed E-state index contributed by atoms with van der Waals surface area (Å²) >= 11 is 0. The number of aliphatic hydroxyl groups is 1. The van der Waals surface area contributed by atoms with Gasteiger partial charge in [-0.1, -0.05) is 56.9 Å². The van der Waals surface area contributed by atoms with Crippen molar-refractivity contribution in [2.75, 3.05) is 27.7 Å². The van der Waals surface area contributed by atoms with E-state index in [1.807, 2.05) is 27.2 Å². The van der Waals surface area contributed by atoms with Crippen molar-refractivity contribution in [3.8, 4) is 0 Å². The summed E-state index contributed by atoms with van der Waals surface area (Å²) in [5.41, 5.74) is 0. The monoisotopic (exact) mass is 418 g/mol. The van der Waals surface area contributed by atoms with E-state index in [9.17, 15) is 19.5 Å². The fourth-order valence-electron chi connectivity index (χ4n) is 3.25. The second-order valence-corrected chi connectivity index (χ2v) is 10.9. The molecule has 0 aliphatic rings. The summed E-state index contributed by atoms with van der Waals surface area (Å²) in [7, 11) is 0.880. The average molecular weight is 419 g/mol. The Labute approximate surface area is 173 Å². The van der Waals surface area contributed by atoms with Crippen LogP contribution in [0.25, 0.3) is 0 Å². The number of rotatable bonds is 17. The second-order valence-electron chi connectivity index (χ2n) is 8.94. The number of nitrogens with zero attached hydrogens (tertiary/aromatic N) is 1. The Kier molecular flexibility index (Phi) is 14.3. The molecule has 0 bridgehead atoms. The van der Waals surface area contributed by atoms with Gasteiger partial charge in [-0.3, -0.25) is 4.57 Å². The molecule has 28 heavy (non-hydrogen) atoms. The largest absolute Gasteiger partial charge is 0.373 e. The van der Waals surface area contributed by atoms with Crippen LogP contribution < -0.4 is 0 Å². The first-order valence-electron chi connectivity index (χ1n) is 10.9. The molecule has 0 aliphatic carbocycles. The Balaban J connectivity index is 3.89. The molecular formula is C22H45NO4P+. The van der Waals surface area contributed by atoms with E-state index in [1.165, 1.54) is 44.9 Å². The summed E-state index contributed by atoms with van der Waals surface area (Å²) in [6.45, 7) is 2.26. The third-order valence-electron chi connectivity index (χ3n) is 4.78. The van der Waals surface area contributed by atoms with Crippen molar-refractivity contribution in [3.05, 3.63) is 24.3 Å². The predicted molar refractivity (Wildman–Crippen MR) is 119 cm³/mol. The summed E-state index contributed by atoms with van der Waals surface area (Å²) in [6, 6.07) is 0. The highest BCUT2D eigenvalue weighted by atomic mass is 31.2. The lowest BCUT2D eigenvalue weighted by Crippen LogP contribution is -2.49. The van der Waals surface area contributed by atoms with Gasteiger partial charge in [0, 0.05) is 0 Å². The van der Waals surface area contributed by atoms with Crippen LogP contribution >= 0.6 is 7.60 Å². The van der Waals surface area contributed by atoms with Crippen LogP contribution in [0.1, 0.15) is 84.0 Å². The Hall–Kier alpha value is -0.450. The van der Waals surface area contributed by atoms with Crippen LogP contribution in [0.2, 0.25) is 0 Å². The van der Waals surface area contributed by atoms with Gasteiger partial charge in [-0.15, -0.1) is 0 Å². The molecule has 1 unspecified atom stereocenters. The van der Waals surface area contributed by atoms with Crippen molar-refractivity contribution in [3.63, 3.8) is 0 Å². The van der Waals surface area contributed by atoms with Gasteiger partial charge in [0.15, 0.2) is 0 Å². The molecule has 6 heteroatoms. The minimum absolute atomic E-state index is 0.0250. The predicted octanol–water partition coefficient (Wildman–Crippen LogP) is 5.37. The van der Waals surface area contributed by atoms with Crippen LogP contribution in [0.4, 0.5) is 0 Å². The third kappa shape index (κ3) is 14.5. The van der Waals surface area contributed by atoms with Gasteiger partial charge in [-0.05, 0) is 51.4 Å². The Morgan fingerprint density at radius 3 is 1.61 bits per heavy atom. The van der Waals surface area contributed by atoms with E-state index in [0.717, 1.165) is 19.3 Å². The van der Waals surface area contributed by atoms with E-state index in [0.29, 0.717) is 10.9 Å². The van der Waals surface area contributed by atoms with Gasteiger partial charge in [0.2, 0.25) is 5.34 Å². The van der Waals surface area contributed by atoms with Crippen LogP contribution in [-0.2, 0) is 4.57 Å². The lowest BCUT2D eigenvalue weighted by Gasteiger charge is -2.35. The van der Waals surface area contributed by atoms with Crippen LogP contribution in [-0.4, -0.2) is 52.4 Å². The zero-order valence-electron chi connectivity index (χ0n) is 18.6. The molecule has 0 radical (unpaired) electrons. The van der Waals surface area contributed by atoms with Crippen molar-refractivity contribution in [2.45, 2.75) is 89.3 Å². The van der Waals surface area contributed by atoms with Gasteiger partial charge in [0.1, 0.15) is 6.54 Å². The summed E-state index contributed by atoms with van der Waals surface area (Å²) < 4.78 is 12.0. The molecule has 1 atom stereocenters. The standard InChI is InChI=1S/C22H44NO4P/c1-5-6-7-8-9-10-11-12-13-14-15-16-17-18-19-20-22(24,28(25,26)27)21-23(2,3)4/h10-11,17-18,24H,5-9,12-16,19-21H2,1-4H3,(H-,25,26,27)/p+1/b11-10-,18-17-. The van der Waals surface area contributed by atoms with Gasteiger partial charge in [-0.25, -0.2) is 0 Å². The van der Waals surface area contributed by atoms with Crippen molar-refractivity contribution in [1.82, 2.24) is 0 Å². The topological polar surface area (TPSA) is 77.8 Å². The van der Waals surface area contributed by atoms with Gasteiger partial charge in [0.25, 0.3) is 0 Å². The highest BCUT2D eigenvalue weighted by molar-refractivity contribution is 7.53. The summed E-state index contributed by atoms with van der Waals surface area (Å²) in [5.74, 6) is 0. The van der Waals surface area contributed by atoms with E-state index in [4.69, 9.17) is 0 Å². The normalized spacial score (nSPS) is 15.5. The molecular weight excluding hydrogens is 373 g/mol. The number of quaternary nitrogens is 1. The number of allylic oxidation sites excluding steroid dienone is 4. The molecule has 0 spiro atoms. The van der Waals surface area contributed by atoms with E-state index in [2.05, 4.69) is 25.2 Å². The van der Waals surface area contributed by atoms with Gasteiger partial charge >= 0.3 is 7.60 Å². The second kappa shape index (κ2) is 14.5. The fraction of sp³-hybridized carbons (Fsp3) is 0.818. The number of hydrogen-bond donors (Lipinski definition) is 3. The first-order valence-corrected chi connectivity index (χ1v) is 12.5. The maximum atomic E-state index is 11.7. The first-order chi connectivity index (χ1) is 13.0. The van der Waals surface area contributed by atoms with Crippen LogP contribution in [0, 0.1) is 0 Å². The summed E-state index contributed by atoms with van der Waals surface area (Å²) in [4.78, 5) is 19.1. The van der Waals surface area contributed by atoms with Crippen LogP contribution in [0.15, 0.2) is 24.3 Å². The maximum Gasteiger partial charge on any atom is 0.362 e. The van der Waals surface area contributed by atoms with Crippen molar-refractivity contribution >= 4 is 7.60 Å². The first kappa shape index (κ1) is 27.5. The zero-order chi connectivity index (χ0) is 21.5. The zero-order valence-corrected chi connectivity index (χ0v) is 19.5. The molecule has 3 N–H and O–H groups in total. The van der Waals surface area contributed by atoms with Gasteiger partial charge in [0.05, 0.1) is 21.1 Å². The van der Waals surface area contributed by atoms with Crippen LogP contribution in [0.3, 0.4) is 0 Å². The van der Waals surface area contributed by atoms with Crippen molar-refractivity contribution in [1.29, 1.82) is 0 Å². The SMILES string of the molecule is CCCCCC/C=C\CCCCC/C=C\CCC(O)(C[N+](C)(C)C)P(=O)(O)O. The van der Waals surface area contributed by atoms with Crippen molar-refractivity contribution < 1.29 is 23.9 Å². The number of unbranched alkanes of at least 4 members (excludes halogenated alkanes) is 8. The van der Waals surface area contributed by atoms with Crippen molar-refractivity contribution in [2.24, 2.45) is 0 Å². The lowest BCUT2D eigenvalue weighted by molar-refractivity contribution is -0.875. The molecule has 0 heterocycles. The Bertz CT molecular complexity index is 493. The fourth-order valence-corrected chi connectivity index (χ4v) is 4.28. The number of hydrogen-bond acceptors (Lipinski definition) is 2. The molecule has 166 valence electrons. The summed E-state index contributed by atoms with van der Waals surface area (Å²) in [5, 5.41) is 8.51. The lowest BCUT2D eigenvalue weighted by atomic mass is 10.1. The highest BCUT2D eigenvalue weighted by Gasteiger charge is 2.48.